The maximum absolute atomic E-state index is 13.0. The molecule has 5 unspecified atom stereocenters. The Balaban J connectivity index is 0.00000141. The first kappa shape index (κ1) is 26.9. The lowest BCUT2D eigenvalue weighted by atomic mass is 9.33. The Morgan fingerprint density at radius 1 is 0.943 bits per heavy atom. The van der Waals surface area contributed by atoms with E-state index < -0.39 is 0 Å². The van der Waals surface area contributed by atoms with Gasteiger partial charge < -0.3 is 5.11 Å². The molecular weight excluding hydrogens is 428 g/mol. The third kappa shape index (κ3) is 3.40. The summed E-state index contributed by atoms with van der Waals surface area (Å²) in [7, 11) is 0. The average molecular weight is 481 g/mol. The van der Waals surface area contributed by atoms with Crippen LogP contribution in [0.2, 0.25) is 0 Å². The fourth-order valence-electron chi connectivity index (χ4n) is 10.4. The summed E-state index contributed by atoms with van der Waals surface area (Å²) < 4.78 is 0. The molecule has 2 heteroatoms. The monoisotopic (exact) mass is 480 g/mol. The zero-order valence-electron chi connectivity index (χ0n) is 23.9. The summed E-state index contributed by atoms with van der Waals surface area (Å²) >= 11 is 0. The molecule has 4 fully saturated rings. The summed E-state index contributed by atoms with van der Waals surface area (Å²) in [6.07, 6.45) is 12.7. The molecule has 0 saturated heterocycles. The van der Waals surface area contributed by atoms with Gasteiger partial charge in [0.2, 0.25) is 0 Å². The predicted octanol–water partition coefficient (Wildman–Crippen LogP) is 8.32. The molecule has 35 heavy (non-hydrogen) atoms. The van der Waals surface area contributed by atoms with E-state index in [1.54, 1.807) is 5.57 Å². The molecule has 0 radical (unpaired) electrons. The Hall–Kier alpha value is -1.15. The molecule has 0 amide bonds. The summed E-state index contributed by atoms with van der Waals surface area (Å²) in [6, 6.07) is 0. The molecule has 0 aliphatic heterocycles. The lowest BCUT2D eigenvalue weighted by Gasteiger charge is -2.71. The van der Waals surface area contributed by atoms with Crippen molar-refractivity contribution in [2.75, 3.05) is 6.61 Å². The molecule has 2 nitrogen and oxygen atoms in total. The minimum atomic E-state index is -0.225. The van der Waals surface area contributed by atoms with Gasteiger partial charge in [-0.1, -0.05) is 72.3 Å². The highest BCUT2D eigenvalue weighted by Crippen LogP contribution is 2.76. The van der Waals surface area contributed by atoms with Crippen LogP contribution in [-0.2, 0) is 4.79 Å². The van der Waals surface area contributed by atoms with Crippen LogP contribution in [0.3, 0.4) is 0 Å². The molecule has 5 aliphatic rings. The van der Waals surface area contributed by atoms with Crippen molar-refractivity contribution in [3.63, 3.8) is 0 Å². The van der Waals surface area contributed by atoms with E-state index in [0.29, 0.717) is 35.6 Å². The van der Waals surface area contributed by atoms with Gasteiger partial charge in [-0.2, -0.15) is 0 Å². The lowest BCUT2D eigenvalue weighted by Crippen LogP contribution is -2.64. The molecule has 0 heterocycles. The van der Waals surface area contributed by atoms with E-state index in [1.165, 1.54) is 31.3 Å². The van der Waals surface area contributed by atoms with Gasteiger partial charge in [0.1, 0.15) is 5.78 Å². The molecule has 4 saturated carbocycles. The van der Waals surface area contributed by atoms with E-state index in [2.05, 4.69) is 67.7 Å². The van der Waals surface area contributed by atoms with E-state index in [0.717, 1.165) is 32.1 Å². The van der Waals surface area contributed by atoms with Crippen molar-refractivity contribution in [1.29, 1.82) is 0 Å². The van der Waals surface area contributed by atoms with Crippen LogP contribution in [0.1, 0.15) is 106 Å². The largest absolute Gasteiger partial charge is 0.396 e. The zero-order chi connectivity index (χ0) is 26.2. The van der Waals surface area contributed by atoms with Crippen LogP contribution in [-0.4, -0.2) is 17.5 Å². The molecule has 196 valence electrons. The summed E-state index contributed by atoms with van der Waals surface area (Å²) in [5.74, 6) is 1.91. The Labute approximate surface area is 215 Å². The molecule has 0 aromatic carbocycles. The number of carbonyl (C=O) groups is 1. The quantitative estimate of drug-likeness (QED) is 0.383. The van der Waals surface area contributed by atoms with Crippen LogP contribution >= 0.6 is 0 Å². The van der Waals surface area contributed by atoms with Crippen LogP contribution in [0.25, 0.3) is 0 Å². The minimum Gasteiger partial charge on any atom is -0.396 e. The fraction of sp³-hybridized carbons (Fsp3) is 0.788. The van der Waals surface area contributed by atoms with Gasteiger partial charge >= 0.3 is 0 Å². The second kappa shape index (κ2) is 8.17. The van der Waals surface area contributed by atoms with Gasteiger partial charge in [0, 0.05) is 18.4 Å². The van der Waals surface area contributed by atoms with Crippen LogP contribution in [0.15, 0.2) is 37.0 Å². The predicted molar refractivity (Wildman–Crippen MR) is 147 cm³/mol. The first-order valence-electron chi connectivity index (χ1n) is 14.2. The first-order chi connectivity index (χ1) is 16.2. The van der Waals surface area contributed by atoms with Gasteiger partial charge in [0.05, 0.1) is 0 Å². The highest BCUT2D eigenvalue weighted by Gasteiger charge is 2.68. The Morgan fingerprint density at radius 2 is 1.57 bits per heavy atom. The van der Waals surface area contributed by atoms with E-state index in [-0.39, 0.29) is 27.1 Å². The second-order valence-electron chi connectivity index (χ2n) is 15.0. The van der Waals surface area contributed by atoms with E-state index in [4.69, 9.17) is 6.58 Å². The van der Waals surface area contributed by atoms with E-state index >= 15 is 0 Å². The third-order valence-electron chi connectivity index (χ3n) is 12.9. The van der Waals surface area contributed by atoms with Gasteiger partial charge in [-0.05, 0) is 96.2 Å². The smallest absolute Gasteiger partial charge is 0.138 e. The van der Waals surface area contributed by atoms with Crippen LogP contribution < -0.4 is 0 Å². The molecule has 8 atom stereocenters. The molecule has 0 spiro atoms. The molecule has 5 aliphatic carbocycles. The van der Waals surface area contributed by atoms with Crippen molar-refractivity contribution in [2.45, 2.75) is 106 Å². The summed E-state index contributed by atoms with van der Waals surface area (Å²) in [5.41, 5.74) is 3.66. The van der Waals surface area contributed by atoms with Gasteiger partial charge in [-0.3, -0.25) is 4.79 Å². The molecule has 0 aromatic heterocycles. The topological polar surface area (TPSA) is 37.3 Å². The molecule has 1 N–H and O–H groups in total. The Kier molecular flexibility index (Phi) is 6.28. The van der Waals surface area contributed by atoms with Crippen molar-refractivity contribution in [2.24, 2.45) is 50.2 Å². The number of aliphatic hydroxyl groups is 1. The van der Waals surface area contributed by atoms with Gasteiger partial charge in [0.25, 0.3) is 0 Å². The van der Waals surface area contributed by atoms with Gasteiger partial charge in [0.15, 0.2) is 0 Å². The number of Topliss-reactive ketones (excluding diaryl/α,β-unsaturated/α-hetero) is 1. The van der Waals surface area contributed by atoms with Crippen molar-refractivity contribution in [3.05, 3.63) is 37.0 Å². The third-order valence-corrected chi connectivity index (χ3v) is 12.9. The Morgan fingerprint density at radius 3 is 2.20 bits per heavy atom. The lowest BCUT2D eigenvalue weighted by molar-refractivity contribution is -0.174. The zero-order valence-corrected chi connectivity index (χ0v) is 23.9. The average Bonchev–Trinajstić information content (AvgIpc) is 2.80. The van der Waals surface area contributed by atoms with Crippen LogP contribution in [0.4, 0.5) is 0 Å². The fourth-order valence-corrected chi connectivity index (χ4v) is 10.4. The number of hydrogen-bond donors (Lipinski definition) is 1. The highest BCUT2D eigenvalue weighted by molar-refractivity contribution is 5.85. The maximum atomic E-state index is 13.0. The summed E-state index contributed by atoms with van der Waals surface area (Å²) in [5, 5.41) is 10.2. The molecule has 5 rings (SSSR count). The summed E-state index contributed by atoms with van der Waals surface area (Å²) in [4.78, 5) is 13.0. The number of ketones is 1. The molecule has 0 bridgehead atoms. The van der Waals surface area contributed by atoms with E-state index in [1.807, 2.05) is 0 Å². The second-order valence-corrected chi connectivity index (χ2v) is 15.0. The SMILES string of the molecule is C=C.C=C1C=C2C3C[C@@](C)(CO)CCC3(C)CC[C@@]2(C)C2(C)CC[C@H]3C(C)(C)C(=O)CCC3(C)C12. The van der Waals surface area contributed by atoms with Crippen molar-refractivity contribution < 1.29 is 9.90 Å². The van der Waals surface area contributed by atoms with Crippen molar-refractivity contribution in [1.82, 2.24) is 0 Å². The standard InChI is InChI=1S/C31H48O2.C2H4/c1-20-17-21-22-18-27(4,19-32)13-14-28(22,5)15-16-30(21,7)31(8)12-9-23-26(2,3)24(33)10-11-29(23,6)25(20)31;1-2/h17,22-23,25,32H,1,9-16,18-19H2,2-8H3;1-2H2/t22?,23-,25?,27-,28?,29?,30+,31?;/m0./s1. The minimum absolute atomic E-state index is 0.0414. The number of hydrogen-bond acceptors (Lipinski definition) is 2. The Bertz CT molecular complexity index is 943. The first-order valence-corrected chi connectivity index (χ1v) is 14.2. The van der Waals surface area contributed by atoms with Crippen molar-refractivity contribution >= 4 is 5.78 Å². The number of rotatable bonds is 1. The molecular formula is C33H52O2. The summed E-state index contributed by atoms with van der Waals surface area (Å²) in [6.45, 7) is 28.0. The van der Waals surface area contributed by atoms with Gasteiger partial charge in [-0.15, -0.1) is 13.2 Å². The number of carbonyl (C=O) groups excluding carboxylic acids is 1. The number of aliphatic hydroxyl groups excluding tert-OH is 1. The van der Waals surface area contributed by atoms with Gasteiger partial charge in [-0.25, -0.2) is 0 Å². The van der Waals surface area contributed by atoms with Crippen LogP contribution in [0.5, 0.6) is 0 Å². The normalized spacial score (nSPS) is 50.4. The van der Waals surface area contributed by atoms with Crippen molar-refractivity contribution in [3.8, 4) is 0 Å². The van der Waals surface area contributed by atoms with E-state index in [9.17, 15) is 9.90 Å². The van der Waals surface area contributed by atoms with Crippen LogP contribution in [0, 0.1) is 50.2 Å². The number of allylic oxidation sites excluding steroid dienone is 3. The highest BCUT2D eigenvalue weighted by atomic mass is 16.3. The number of fused-ring (bicyclic) bond motifs is 7. The molecule has 0 aromatic rings. The maximum Gasteiger partial charge on any atom is 0.138 e.